The van der Waals surface area contributed by atoms with Crippen LogP contribution in [0.1, 0.15) is 0 Å². The maximum absolute atomic E-state index is 10.9. The SMILES string of the molecule is O=S(=O)([O-])c1cc(O)c2c(O)cc(S(=O)(=O)[O-])cc2c1.[Hf].c1ccc2c(c1)-c1nc-2nc2[n-]c(nc3nc(nc4[n-]c(n1)c1ccccc41)-c1ccccc1-3)c1ccccc21. The Labute approximate surface area is 363 Å². The molecule has 0 radical (unpaired) electrons. The molecule has 3 aromatic heterocycles. The average molecular weight is 1010 g/mol. The summed E-state index contributed by atoms with van der Waals surface area (Å²) < 4.78 is 65.3. The van der Waals surface area contributed by atoms with Crippen molar-refractivity contribution in [2.75, 3.05) is 0 Å². The Bertz CT molecular complexity index is 3340. The van der Waals surface area contributed by atoms with E-state index in [2.05, 4.69) is 0 Å². The van der Waals surface area contributed by atoms with Gasteiger partial charge in [0.2, 0.25) is 0 Å². The van der Waals surface area contributed by atoms with E-state index in [-0.39, 0.29) is 36.6 Å². The first kappa shape index (κ1) is 39.7. The number of aromatic hydroxyl groups is 2. The summed E-state index contributed by atoms with van der Waals surface area (Å²) in [6.07, 6.45) is 0. The van der Waals surface area contributed by atoms with E-state index in [9.17, 15) is 36.2 Å². The zero-order valence-corrected chi connectivity index (χ0v) is 36.0. The third kappa shape index (κ3) is 7.00. The summed E-state index contributed by atoms with van der Waals surface area (Å²) in [5.41, 5.74) is 5.78. The zero-order valence-electron chi connectivity index (χ0n) is 30.8. The summed E-state index contributed by atoms with van der Waals surface area (Å²) >= 11 is 0. The Hall–Kier alpha value is -6.77. The van der Waals surface area contributed by atoms with Gasteiger partial charge in [-0.05, 0) is 51.2 Å². The number of fused-ring (bicyclic) bond motifs is 21. The molecule has 19 heteroatoms. The second-order valence-corrected chi connectivity index (χ2v) is 16.3. The predicted molar refractivity (Wildman–Crippen MR) is 217 cm³/mol. The number of rotatable bonds is 2. The molecule has 11 rings (SSSR count). The molecule has 2 aliphatic rings. The number of phenolic OH excluding ortho intramolecular Hbond substituents is 2. The molecule has 61 heavy (non-hydrogen) atoms. The average Bonchev–Trinajstić information content (AvgIpc) is 3.96. The minimum atomic E-state index is -4.90. The smallest absolute Gasteiger partial charge is 0.128 e. The van der Waals surface area contributed by atoms with Gasteiger partial charge in [0, 0.05) is 70.7 Å². The molecule has 0 fully saturated rings. The van der Waals surface area contributed by atoms with Gasteiger partial charge < -0.3 is 49.2 Å². The van der Waals surface area contributed by atoms with Crippen LogP contribution in [-0.2, 0) is 46.1 Å². The summed E-state index contributed by atoms with van der Waals surface area (Å²) in [5, 5.41) is 22.2. The summed E-state index contributed by atoms with van der Waals surface area (Å²) in [5.74, 6) is 0.744. The summed E-state index contributed by atoms with van der Waals surface area (Å²) in [4.78, 5) is 37.6. The fourth-order valence-electron chi connectivity index (χ4n) is 7.16. The third-order valence-electron chi connectivity index (χ3n) is 9.86. The van der Waals surface area contributed by atoms with Crippen molar-refractivity contribution in [3.05, 3.63) is 121 Å². The molecule has 0 unspecified atom stereocenters. The Kier molecular flexibility index (Phi) is 9.59. The van der Waals surface area contributed by atoms with Crippen LogP contribution in [0.3, 0.4) is 0 Å². The molecule has 0 atom stereocenters. The van der Waals surface area contributed by atoms with Crippen LogP contribution in [0.25, 0.3) is 100 Å². The van der Waals surface area contributed by atoms with Crippen molar-refractivity contribution in [2.45, 2.75) is 9.79 Å². The Morgan fingerprint density at radius 3 is 0.984 bits per heavy atom. The van der Waals surface area contributed by atoms with E-state index in [1.165, 1.54) is 0 Å². The molecule has 9 aromatic rings. The minimum absolute atomic E-state index is 0. The van der Waals surface area contributed by atoms with Gasteiger partial charge in [0.15, 0.2) is 0 Å². The Morgan fingerprint density at radius 2 is 0.705 bits per heavy atom. The van der Waals surface area contributed by atoms with E-state index in [4.69, 9.17) is 39.9 Å². The van der Waals surface area contributed by atoms with Gasteiger partial charge >= 0.3 is 0 Å². The number of nitrogens with zero attached hydrogens (tertiary/aromatic N) is 8. The van der Waals surface area contributed by atoms with E-state index >= 15 is 0 Å². The van der Waals surface area contributed by atoms with Crippen molar-refractivity contribution < 1.29 is 62.0 Å². The van der Waals surface area contributed by atoms with Gasteiger partial charge in [-0.1, -0.05) is 97.1 Å². The van der Waals surface area contributed by atoms with Gasteiger partial charge in [-0.15, -0.1) is 0 Å². The second-order valence-electron chi connectivity index (χ2n) is 13.6. The topological polar surface area (TPSA) is 260 Å². The van der Waals surface area contributed by atoms with Crippen LogP contribution in [-0.4, -0.2) is 66.1 Å². The largest absolute Gasteiger partial charge is 0.744 e. The molecule has 5 heterocycles. The fraction of sp³-hybridized carbons (Fsp3) is 0. The minimum Gasteiger partial charge on any atom is -0.744 e. The van der Waals surface area contributed by atoms with Crippen LogP contribution in [0.4, 0.5) is 0 Å². The van der Waals surface area contributed by atoms with E-state index in [1.54, 1.807) is 0 Å². The number of aromatic nitrogens is 8. The van der Waals surface area contributed by atoms with Crippen LogP contribution < -0.4 is 9.97 Å². The molecule has 2 aliphatic heterocycles. The molecule has 0 saturated carbocycles. The molecule has 0 saturated heterocycles. The summed E-state index contributed by atoms with van der Waals surface area (Å²) in [7, 11) is -9.79. The number of benzene rings is 6. The first-order valence-electron chi connectivity index (χ1n) is 17.8. The number of hydrogen-bond acceptors (Lipinski definition) is 14. The van der Waals surface area contributed by atoms with Crippen LogP contribution >= 0.6 is 0 Å². The maximum atomic E-state index is 10.9. The Balaban J connectivity index is 0.000000193. The van der Waals surface area contributed by atoms with Gasteiger partial charge in [0.05, 0.1) is 38.5 Å². The van der Waals surface area contributed by atoms with Crippen LogP contribution in [0.2, 0.25) is 0 Å². The first-order chi connectivity index (χ1) is 28.8. The summed E-state index contributed by atoms with van der Waals surface area (Å²) in [6, 6.07) is 34.6. The van der Waals surface area contributed by atoms with E-state index in [0.29, 0.717) is 58.0 Å². The van der Waals surface area contributed by atoms with Crippen molar-refractivity contribution in [2.24, 2.45) is 0 Å². The number of phenols is 2. The van der Waals surface area contributed by atoms with Gasteiger partial charge in [-0.3, -0.25) is 0 Å². The third-order valence-corrected chi connectivity index (χ3v) is 11.5. The fourth-order valence-corrected chi connectivity index (χ4v) is 8.22. The maximum Gasteiger partial charge on any atom is 0.128 e. The molecule has 0 amide bonds. The predicted octanol–water partition coefficient (Wildman–Crippen LogP) is 6.18. The Morgan fingerprint density at radius 1 is 0.426 bits per heavy atom. The quantitative estimate of drug-likeness (QED) is 0.145. The van der Waals surface area contributed by atoms with Gasteiger partial charge in [-0.25, -0.2) is 26.8 Å². The molecule has 6 aromatic carbocycles. The van der Waals surface area contributed by atoms with Crippen molar-refractivity contribution in [1.82, 2.24) is 39.9 Å². The van der Waals surface area contributed by atoms with E-state index in [0.717, 1.165) is 55.9 Å². The molecule has 298 valence electrons. The van der Waals surface area contributed by atoms with Crippen LogP contribution in [0.15, 0.2) is 131 Å². The van der Waals surface area contributed by atoms with Gasteiger partial charge in [0.25, 0.3) is 0 Å². The molecule has 16 nitrogen and oxygen atoms in total. The van der Waals surface area contributed by atoms with Crippen molar-refractivity contribution in [3.8, 4) is 57.1 Å². The molecular weight excluding hydrogens is 987 g/mol. The molecule has 0 spiro atoms. The van der Waals surface area contributed by atoms with Crippen LogP contribution in [0.5, 0.6) is 11.5 Å². The first-order valence-corrected chi connectivity index (χ1v) is 20.6. The standard InChI is InChI=1S/C32H16N8.C10H8O8S2.Hf/c1-2-10-18-17(9-1)25-33-26(18)38-28-21-13-5-6-14-22(21)30(35-28)40-32-24-16-8-7-15-23(24)31(36-32)39-29-20-12-4-3-11-19(20)27(34-29)37-25;11-8-3-6(19(13,14)15)1-5-2-7(20(16,17)18)4-9(12)10(5)8;/h1-16H;1-4,11-12H,(H,13,14,15)(H,16,17,18);/q-2;;/p-2. The van der Waals surface area contributed by atoms with Gasteiger partial charge in [-0.2, -0.15) is 0 Å². The van der Waals surface area contributed by atoms with E-state index in [1.807, 2.05) is 97.1 Å². The molecule has 0 aliphatic carbocycles. The van der Waals surface area contributed by atoms with Crippen LogP contribution in [0, 0.1) is 0 Å². The van der Waals surface area contributed by atoms with Crippen molar-refractivity contribution in [1.29, 1.82) is 0 Å². The monoisotopic (exact) mass is 1010 g/mol. The normalized spacial score (nSPS) is 12.0. The molecule has 8 bridgehead atoms. The van der Waals surface area contributed by atoms with Gasteiger partial charge in [0.1, 0.15) is 31.7 Å². The summed E-state index contributed by atoms with van der Waals surface area (Å²) in [6.45, 7) is 0. The van der Waals surface area contributed by atoms with Crippen molar-refractivity contribution >= 4 is 75.1 Å². The zero-order chi connectivity index (χ0) is 41.5. The van der Waals surface area contributed by atoms with Crippen molar-refractivity contribution in [3.63, 3.8) is 0 Å². The molecular formula is C42H22HfN8O8S2-4. The molecule has 2 N–H and O–H groups in total. The number of hydrogen-bond donors (Lipinski definition) is 2. The second kappa shape index (κ2) is 14.7. The van der Waals surface area contributed by atoms with E-state index < -0.39 is 41.5 Å².